The molecule has 5 heteroatoms. The minimum absolute atomic E-state index is 0. The summed E-state index contributed by atoms with van der Waals surface area (Å²) in [5.74, 6) is 1.17. The fraction of sp³-hybridized carbons (Fsp3) is 0.400. The van der Waals surface area contributed by atoms with Crippen LogP contribution in [0.5, 0.6) is 11.5 Å². The zero-order valence-corrected chi connectivity index (χ0v) is 9.58. The lowest BCUT2D eigenvalue weighted by Crippen LogP contribution is -2.13. The zero-order chi connectivity index (χ0) is 10.6. The van der Waals surface area contributed by atoms with Gasteiger partial charge in [-0.1, -0.05) is 6.07 Å². The Labute approximate surface area is 95.4 Å². The SMILES string of the molecule is COc1cccc(OC)c1C(O)CN.Cl. The van der Waals surface area contributed by atoms with Crippen molar-refractivity contribution >= 4 is 12.4 Å². The van der Waals surface area contributed by atoms with Gasteiger partial charge in [0.15, 0.2) is 0 Å². The largest absolute Gasteiger partial charge is 0.496 e. The molecule has 1 aromatic rings. The summed E-state index contributed by atoms with van der Waals surface area (Å²) in [6.07, 6.45) is -0.763. The summed E-state index contributed by atoms with van der Waals surface area (Å²) >= 11 is 0. The Morgan fingerprint density at radius 2 is 1.73 bits per heavy atom. The Morgan fingerprint density at radius 1 is 1.27 bits per heavy atom. The number of hydrogen-bond donors (Lipinski definition) is 2. The van der Waals surface area contributed by atoms with E-state index in [1.807, 2.05) is 0 Å². The fourth-order valence-corrected chi connectivity index (χ4v) is 1.33. The van der Waals surface area contributed by atoms with E-state index in [0.717, 1.165) is 0 Å². The number of methoxy groups -OCH3 is 2. The van der Waals surface area contributed by atoms with Crippen molar-refractivity contribution in [1.82, 2.24) is 0 Å². The molecule has 0 amide bonds. The van der Waals surface area contributed by atoms with Gasteiger partial charge >= 0.3 is 0 Å². The Hall–Kier alpha value is -0.970. The van der Waals surface area contributed by atoms with E-state index in [1.165, 1.54) is 0 Å². The molecule has 0 aliphatic carbocycles. The summed E-state index contributed by atoms with van der Waals surface area (Å²) in [4.78, 5) is 0. The van der Waals surface area contributed by atoms with Gasteiger partial charge in [0.05, 0.1) is 25.9 Å². The van der Waals surface area contributed by atoms with Crippen LogP contribution in [0.4, 0.5) is 0 Å². The molecule has 1 unspecified atom stereocenters. The van der Waals surface area contributed by atoms with Gasteiger partial charge in [0.25, 0.3) is 0 Å². The van der Waals surface area contributed by atoms with Gasteiger partial charge in [0.2, 0.25) is 0 Å². The predicted octanol–water partition coefficient (Wildman–Crippen LogP) is 1.12. The van der Waals surface area contributed by atoms with Crippen LogP contribution in [0.1, 0.15) is 11.7 Å². The van der Waals surface area contributed by atoms with Gasteiger partial charge in [0, 0.05) is 6.54 Å². The molecule has 0 radical (unpaired) electrons. The van der Waals surface area contributed by atoms with E-state index in [0.29, 0.717) is 17.1 Å². The summed E-state index contributed by atoms with van der Waals surface area (Å²) in [6.45, 7) is 0.136. The third kappa shape index (κ3) is 2.99. The van der Waals surface area contributed by atoms with Gasteiger partial charge in [-0.05, 0) is 12.1 Å². The summed E-state index contributed by atoms with van der Waals surface area (Å²) < 4.78 is 10.2. The van der Waals surface area contributed by atoms with Crippen molar-refractivity contribution in [2.45, 2.75) is 6.10 Å². The first-order valence-corrected chi connectivity index (χ1v) is 4.33. The third-order valence-electron chi connectivity index (χ3n) is 2.02. The number of nitrogens with two attached hydrogens (primary N) is 1. The van der Waals surface area contributed by atoms with Crippen LogP contribution in [0.15, 0.2) is 18.2 Å². The van der Waals surface area contributed by atoms with E-state index < -0.39 is 6.10 Å². The van der Waals surface area contributed by atoms with Crippen molar-refractivity contribution in [2.24, 2.45) is 5.73 Å². The maximum absolute atomic E-state index is 9.67. The van der Waals surface area contributed by atoms with Crippen LogP contribution in [0.3, 0.4) is 0 Å². The Balaban J connectivity index is 0.00000196. The van der Waals surface area contributed by atoms with Crippen molar-refractivity contribution in [1.29, 1.82) is 0 Å². The number of benzene rings is 1. The number of aliphatic hydroxyl groups excluding tert-OH is 1. The van der Waals surface area contributed by atoms with E-state index in [9.17, 15) is 5.11 Å². The molecule has 1 rings (SSSR count). The number of aliphatic hydroxyl groups is 1. The minimum atomic E-state index is -0.763. The van der Waals surface area contributed by atoms with Crippen LogP contribution in [-0.4, -0.2) is 25.9 Å². The summed E-state index contributed by atoms with van der Waals surface area (Å²) in [7, 11) is 3.09. The normalized spacial score (nSPS) is 11.5. The first-order chi connectivity index (χ1) is 6.74. The smallest absolute Gasteiger partial charge is 0.128 e. The Bertz CT molecular complexity index is 284. The van der Waals surface area contributed by atoms with E-state index in [2.05, 4.69) is 0 Å². The highest BCUT2D eigenvalue weighted by Crippen LogP contribution is 2.33. The molecule has 3 N–H and O–H groups in total. The molecule has 0 spiro atoms. The van der Waals surface area contributed by atoms with E-state index >= 15 is 0 Å². The quantitative estimate of drug-likeness (QED) is 0.818. The van der Waals surface area contributed by atoms with E-state index in [4.69, 9.17) is 15.2 Å². The first kappa shape index (κ1) is 14.0. The van der Waals surface area contributed by atoms with Gasteiger partial charge in [-0.15, -0.1) is 12.4 Å². The van der Waals surface area contributed by atoms with Crippen LogP contribution in [-0.2, 0) is 0 Å². The van der Waals surface area contributed by atoms with Crippen LogP contribution >= 0.6 is 12.4 Å². The number of hydrogen-bond acceptors (Lipinski definition) is 4. The van der Waals surface area contributed by atoms with Gasteiger partial charge in [-0.3, -0.25) is 0 Å². The maximum atomic E-state index is 9.67. The monoisotopic (exact) mass is 233 g/mol. The highest BCUT2D eigenvalue weighted by Gasteiger charge is 2.16. The fourth-order valence-electron chi connectivity index (χ4n) is 1.33. The minimum Gasteiger partial charge on any atom is -0.496 e. The van der Waals surface area contributed by atoms with Crippen molar-refractivity contribution in [3.8, 4) is 11.5 Å². The highest BCUT2D eigenvalue weighted by molar-refractivity contribution is 5.85. The third-order valence-corrected chi connectivity index (χ3v) is 2.02. The number of ether oxygens (including phenoxy) is 2. The highest BCUT2D eigenvalue weighted by atomic mass is 35.5. The van der Waals surface area contributed by atoms with Crippen LogP contribution < -0.4 is 15.2 Å². The molecule has 0 saturated heterocycles. The molecule has 0 heterocycles. The molecule has 1 atom stereocenters. The number of halogens is 1. The summed E-state index contributed by atoms with van der Waals surface area (Å²) in [5.41, 5.74) is 5.99. The zero-order valence-electron chi connectivity index (χ0n) is 8.77. The average Bonchev–Trinajstić information content (AvgIpc) is 2.26. The Kier molecular flexibility index (Phi) is 6.08. The second-order valence-corrected chi connectivity index (χ2v) is 2.83. The lowest BCUT2D eigenvalue weighted by Gasteiger charge is -2.16. The molecule has 0 aliphatic rings. The van der Waals surface area contributed by atoms with Crippen LogP contribution in [0.2, 0.25) is 0 Å². The molecule has 0 bridgehead atoms. The predicted molar refractivity (Wildman–Crippen MR) is 60.8 cm³/mol. The van der Waals surface area contributed by atoms with Gasteiger partial charge in [-0.25, -0.2) is 0 Å². The Morgan fingerprint density at radius 3 is 2.07 bits per heavy atom. The van der Waals surface area contributed by atoms with Crippen molar-refractivity contribution in [3.05, 3.63) is 23.8 Å². The molecule has 15 heavy (non-hydrogen) atoms. The molecule has 0 fully saturated rings. The molecule has 0 aromatic heterocycles. The lowest BCUT2D eigenvalue weighted by atomic mass is 10.1. The standard InChI is InChI=1S/C10H15NO3.ClH/c1-13-8-4-3-5-9(14-2)10(8)7(12)6-11;/h3-5,7,12H,6,11H2,1-2H3;1H. The second-order valence-electron chi connectivity index (χ2n) is 2.83. The molecular formula is C10H16ClNO3. The lowest BCUT2D eigenvalue weighted by molar-refractivity contribution is 0.177. The van der Waals surface area contributed by atoms with Crippen LogP contribution in [0.25, 0.3) is 0 Å². The van der Waals surface area contributed by atoms with Gasteiger partial charge < -0.3 is 20.3 Å². The summed E-state index contributed by atoms with van der Waals surface area (Å²) in [6, 6.07) is 5.32. The second kappa shape index (κ2) is 6.50. The molecule has 0 saturated carbocycles. The maximum Gasteiger partial charge on any atom is 0.128 e. The van der Waals surface area contributed by atoms with Crippen LogP contribution in [0, 0.1) is 0 Å². The van der Waals surface area contributed by atoms with Crippen molar-refractivity contribution in [2.75, 3.05) is 20.8 Å². The van der Waals surface area contributed by atoms with E-state index in [1.54, 1.807) is 32.4 Å². The van der Waals surface area contributed by atoms with Crippen molar-refractivity contribution in [3.63, 3.8) is 0 Å². The topological polar surface area (TPSA) is 64.7 Å². The molecule has 1 aromatic carbocycles. The van der Waals surface area contributed by atoms with Gasteiger partial charge in [-0.2, -0.15) is 0 Å². The first-order valence-electron chi connectivity index (χ1n) is 4.33. The van der Waals surface area contributed by atoms with Gasteiger partial charge in [0.1, 0.15) is 11.5 Å². The summed E-state index contributed by atoms with van der Waals surface area (Å²) in [5, 5.41) is 9.67. The average molecular weight is 234 g/mol. The molecule has 86 valence electrons. The molecule has 4 nitrogen and oxygen atoms in total. The number of rotatable bonds is 4. The molecular weight excluding hydrogens is 218 g/mol. The van der Waals surface area contributed by atoms with E-state index in [-0.39, 0.29) is 19.0 Å². The molecule has 0 aliphatic heterocycles. The van der Waals surface area contributed by atoms with Crippen molar-refractivity contribution < 1.29 is 14.6 Å².